The van der Waals surface area contributed by atoms with Crippen LogP contribution in [0.5, 0.6) is 0 Å². The molecule has 0 amide bonds. The minimum atomic E-state index is -1.04. The summed E-state index contributed by atoms with van der Waals surface area (Å²) in [6.45, 7) is 4.03. The number of rotatable bonds is 4. The fourth-order valence-electron chi connectivity index (χ4n) is 1.78. The number of aromatic nitrogens is 2. The van der Waals surface area contributed by atoms with Gasteiger partial charge in [0, 0.05) is 13.2 Å². The lowest BCUT2D eigenvalue weighted by atomic mass is 10.3. The summed E-state index contributed by atoms with van der Waals surface area (Å²) in [5, 5.41) is 9.15. The first-order chi connectivity index (χ1) is 8.97. The zero-order valence-electron chi connectivity index (χ0n) is 11.0. The summed E-state index contributed by atoms with van der Waals surface area (Å²) in [6, 6.07) is 3.73. The van der Waals surface area contributed by atoms with E-state index in [4.69, 9.17) is 9.52 Å². The molecule has 19 heavy (non-hydrogen) atoms. The second-order valence-corrected chi connectivity index (χ2v) is 4.33. The van der Waals surface area contributed by atoms with Crippen molar-refractivity contribution in [3.63, 3.8) is 0 Å². The number of aromatic carboxylic acids is 1. The number of hydrogen-bond acceptors (Lipinski definition) is 5. The Morgan fingerprint density at radius 3 is 2.74 bits per heavy atom. The van der Waals surface area contributed by atoms with Crippen molar-refractivity contribution < 1.29 is 14.3 Å². The number of aryl methyl sites for hydroxylation is 2. The topological polar surface area (TPSA) is 79.5 Å². The summed E-state index contributed by atoms with van der Waals surface area (Å²) in [4.78, 5) is 21.0. The van der Waals surface area contributed by atoms with E-state index in [0.29, 0.717) is 18.2 Å². The van der Waals surface area contributed by atoms with E-state index in [1.54, 1.807) is 18.9 Å². The molecule has 100 valence electrons. The average Bonchev–Trinajstić information content (AvgIpc) is 2.74. The Labute approximate surface area is 110 Å². The molecule has 6 nitrogen and oxygen atoms in total. The van der Waals surface area contributed by atoms with Crippen molar-refractivity contribution >= 4 is 11.8 Å². The van der Waals surface area contributed by atoms with E-state index in [1.807, 2.05) is 19.1 Å². The van der Waals surface area contributed by atoms with Crippen LogP contribution in [0.15, 0.2) is 22.7 Å². The van der Waals surface area contributed by atoms with Crippen molar-refractivity contribution in [1.29, 1.82) is 0 Å². The molecule has 0 atom stereocenters. The van der Waals surface area contributed by atoms with Crippen LogP contribution in [-0.2, 0) is 6.54 Å². The summed E-state index contributed by atoms with van der Waals surface area (Å²) in [6.07, 6.45) is 1.32. The lowest BCUT2D eigenvalue weighted by molar-refractivity contribution is 0.0696. The van der Waals surface area contributed by atoms with Gasteiger partial charge in [-0.05, 0) is 26.0 Å². The summed E-state index contributed by atoms with van der Waals surface area (Å²) in [7, 11) is 1.77. The molecule has 0 saturated carbocycles. The van der Waals surface area contributed by atoms with E-state index in [0.717, 1.165) is 11.5 Å². The Morgan fingerprint density at radius 1 is 1.42 bits per heavy atom. The van der Waals surface area contributed by atoms with E-state index in [1.165, 1.54) is 6.20 Å². The molecule has 2 aromatic rings. The minimum Gasteiger partial charge on any atom is -0.477 e. The van der Waals surface area contributed by atoms with Gasteiger partial charge in [-0.25, -0.2) is 14.8 Å². The maximum Gasteiger partial charge on any atom is 0.341 e. The highest BCUT2D eigenvalue weighted by molar-refractivity contribution is 5.92. The van der Waals surface area contributed by atoms with Crippen LogP contribution in [0.4, 0.5) is 5.82 Å². The molecule has 0 aliphatic heterocycles. The fourth-order valence-corrected chi connectivity index (χ4v) is 1.78. The third kappa shape index (κ3) is 2.90. The molecule has 0 aliphatic carbocycles. The Bertz CT molecular complexity index is 607. The number of carbonyl (C=O) groups is 1. The first-order valence-electron chi connectivity index (χ1n) is 5.80. The quantitative estimate of drug-likeness (QED) is 0.907. The molecule has 6 heteroatoms. The zero-order chi connectivity index (χ0) is 14.0. The zero-order valence-corrected chi connectivity index (χ0v) is 11.0. The first kappa shape index (κ1) is 13.1. The van der Waals surface area contributed by atoms with Crippen LogP contribution in [0.2, 0.25) is 0 Å². The van der Waals surface area contributed by atoms with Crippen LogP contribution < -0.4 is 4.90 Å². The summed E-state index contributed by atoms with van der Waals surface area (Å²) in [5.41, 5.74) is 0.0800. The van der Waals surface area contributed by atoms with Crippen molar-refractivity contribution in [3.8, 4) is 0 Å². The van der Waals surface area contributed by atoms with E-state index < -0.39 is 5.97 Å². The highest BCUT2D eigenvalue weighted by Crippen LogP contribution is 2.19. The standard InChI is InChI=1S/C13H15N3O3/c1-8-4-5-10(19-8)7-16(3)12-11(13(17)18)6-14-9(2)15-12/h4-6H,7H2,1-3H3,(H,17,18). The smallest absolute Gasteiger partial charge is 0.341 e. The molecule has 0 radical (unpaired) electrons. The average molecular weight is 261 g/mol. The molecule has 0 saturated heterocycles. The predicted molar refractivity (Wildman–Crippen MR) is 69.3 cm³/mol. The van der Waals surface area contributed by atoms with Crippen LogP contribution in [-0.4, -0.2) is 28.1 Å². The normalized spacial score (nSPS) is 10.5. The van der Waals surface area contributed by atoms with E-state index in [9.17, 15) is 4.79 Å². The lowest BCUT2D eigenvalue weighted by Gasteiger charge is -2.18. The van der Waals surface area contributed by atoms with Gasteiger partial charge in [0.1, 0.15) is 28.7 Å². The van der Waals surface area contributed by atoms with Gasteiger partial charge < -0.3 is 14.4 Å². The van der Waals surface area contributed by atoms with Gasteiger partial charge in [-0.3, -0.25) is 0 Å². The first-order valence-corrected chi connectivity index (χ1v) is 5.80. The van der Waals surface area contributed by atoms with Gasteiger partial charge in [0.2, 0.25) is 0 Å². The van der Waals surface area contributed by atoms with Gasteiger partial charge >= 0.3 is 5.97 Å². The van der Waals surface area contributed by atoms with Crippen LogP contribution in [0.25, 0.3) is 0 Å². The lowest BCUT2D eigenvalue weighted by Crippen LogP contribution is -2.21. The van der Waals surface area contributed by atoms with Gasteiger partial charge in [0.15, 0.2) is 0 Å². The molecule has 2 heterocycles. The summed E-state index contributed by atoms with van der Waals surface area (Å²) < 4.78 is 5.47. The monoisotopic (exact) mass is 261 g/mol. The van der Waals surface area contributed by atoms with E-state index in [2.05, 4.69) is 9.97 Å². The van der Waals surface area contributed by atoms with Gasteiger partial charge in [0.25, 0.3) is 0 Å². The molecule has 0 aromatic carbocycles. The summed E-state index contributed by atoms with van der Waals surface area (Å²) in [5.74, 6) is 1.45. The van der Waals surface area contributed by atoms with Crippen molar-refractivity contribution in [2.24, 2.45) is 0 Å². The van der Waals surface area contributed by atoms with Crippen molar-refractivity contribution in [3.05, 3.63) is 41.2 Å². The number of nitrogens with zero attached hydrogens (tertiary/aromatic N) is 3. The van der Waals surface area contributed by atoms with Crippen LogP contribution in [0, 0.1) is 13.8 Å². The van der Waals surface area contributed by atoms with E-state index >= 15 is 0 Å². The number of carboxylic acid groups (broad SMARTS) is 1. The minimum absolute atomic E-state index is 0.0800. The summed E-state index contributed by atoms with van der Waals surface area (Å²) >= 11 is 0. The molecule has 0 spiro atoms. The largest absolute Gasteiger partial charge is 0.477 e. The van der Waals surface area contributed by atoms with Crippen molar-refractivity contribution in [2.45, 2.75) is 20.4 Å². The molecular weight excluding hydrogens is 246 g/mol. The van der Waals surface area contributed by atoms with Gasteiger partial charge in [-0.2, -0.15) is 0 Å². The third-order valence-electron chi connectivity index (χ3n) is 2.67. The molecule has 1 N–H and O–H groups in total. The third-order valence-corrected chi connectivity index (χ3v) is 2.67. The Kier molecular flexibility index (Phi) is 3.50. The van der Waals surface area contributed by atoms with Gasteiger partial charge in [-0.1, -0.05) is 0 Å². The molecule has 0 fully saturated rings. The van der Waals surface area contributed by atoms with Gasteiger partial charge in [-0.15, -0.1) is 0 Å². The Hall–Kier alpha value is -2.37. The van der Waals surface area contributed by atoms with Gasteiger partial charge in [0.05, 0.1) is 6.54 Å². The molecule has 0 unspecified atom stereocenters. The number of furan rings is 1. The second-order valence-electron chi connectivity index (χ2n) is 4.33. The Morgan fingerprint density at radius 2 is 2.16 bits per heavy atom. The molecule has 0 aliphatic rings. The molecule has 2 rings (SSSR count). The van der Waals surface area contributed by atoms with Crippen LogP contribution >= 0.6 is 0 Å². The second kappa shape index (κ2) is 5.09. The van der Waals surface area contributed by atoms with Crippen molar-refractivity contribution in [2.75, 3.05) is 11.9 Å². The van der Waals surface area contributed by atoms with Crippen LogP contribution in [0.1, 0.15) is 27.7 Å². The highest BCUT2D eigenvalue weighted by atomic mass is 16.4. The predicted octanol–water partition coefficient (Wildman–Crippen LogP) is 2.02. The molecule has 0 bridgehead atoms. The SMILES string of the molecule is Cc1ncc(C(=O)O)c(N(C)Cc2ccc(C)o2)n1. The number of carboxylic acids is 1. The molecular formula is C13H15N3O3. The number of anilines is 1. The van der Waals surface area contributed by atoms with Crippen molar-refractivity contribution in [1.82, 2.24) is 9.97 Å². The maximum atomic E-state index is 11.2. The maximum absolute atomic E-state index is 11.2. The van der Waals surface area contributed by atoms with E-state index in [-0.39, 0.29) is 5.56 Å². The highest BCUT2D eigenvalue weighted by Gasteiger charge is 2.17. The fraction of sp³-hybridized carbons (Fsp3) is 0.308. The Balaban J connectivity index is 2.29. The van der Waals surface area contributed by atoms with Crippen LogP contribution in [0.3, 0.4) is 0 Å². The number of hydrogen-bond donors (Lipinski definition) is 1. The molecule has 2 aromatic heterocycles.